The van der Waals surface area contributed by atoms with Gasteiger partial charge in [0.15, 0.2) is 12.0 Å². The van der Waals surface area contributed by atoms with Gasteiger partial charge in [-0.2, -0.15) is 0 Å². The van der Waals surface area contributed by atoms with Crippen LogP contribution < -0.4 is 11.5 Å². The van der Waals surface area contributed by atoms with Crippen LogP contribution in [-0.4, -0.2) is 23.9 Å². The van der Waals surface area contributed by atoms with Gasteiger partial charge in [-0.1, -0.05) is 23.2 Å². The van der Waals surface area contributed by atoms with E-state index in [-0.39, 0.29) is 10.1 Å². The maximum atomic E-state index is 10.9. The van der Waals surface area contributed by atoms with Crippen LogP contribution in [0.1, 0.15) is 0 Å². The van der Waals surface area contributed by atoms with Crippen LogP contribution in [0.25, 0.3) is 0 Å². The first-order valence-corrected chi connectivity index (χ1v) is 4.46. The maximum Gasteiger partial charge on any atom is 0.351 e. The molecule has 8 heteroatoms. The molecule has 1 rings (SSSR count). The van der Waals surface area contributed by atoms with Gasteiger partial charge in [0.1, 0.15) is 5.03 Å². The Kier molecular flexibility index (Phi) is 3.21. The lowest BCUT2D eigenvalue weighted by Gasteiger charge is -2.16. The summed E-state index contributed by atoms with van der Waals surface area (Å²) in [5.41, 5.74) is 9.83. The molecule has 1 aliphatic heterocycles. The molecule has 6 nitrogen and oxygen atoms in total. The number of rotatable bonds is 3. The number of primary amides is 2. The standard InChI is InChI=1S/C7H6Cl2N2O4/c8-2-3(9)7(14)15-4(2)1(5(10)12)6(11)13/h1,4H,(H2,10,12)(H2,11,13)/t4-/m0/s1. The summed E-state index contributed by atoms with van der Waals surface area (Å²) >= 11 is 11.0. The molecule has 0 saturated heterocycles. The van der Waals surface area contributed by atoms with E-state index in [1.165, 1.54) is 0 Å². The smallest absolute Gasteiger partial charge is 0.351 e. The largest absolute Gasteiger partial charge is 0.451 e. The van der Waals surface area contributed by atoms with Crippen LogP contribution in [0.4, 0.5) is 0 Å². The predicted molar refractivity (Wildman–Crippen MR) is 50.5 cm³/mol. The van der Waals surface area contributed by atoms with Crippen molar-refractivity contribution in [2.24, 2.45) is 17.4 Å². The number of carbonyl (C=O) groups is 3. The quantitative estimate of drug-likeness (QED) is 0.505. The molecule has 0 bridgehead atoms. The molecule has 1 atom stereocenters. The zero-order chi connectivity index (χ0) is 11.7. The molecule has 0 aromatic carbocycles. The molecule has 0 radical (unpaired) electrons. The molecule has 4 N–H and O–H groups in total. The van der Waals surface area contributed by atoms with Gasteiger partial charge in [0.05, 0.1) is 5.03 Å². The van der Waals surface area contributed by atoms with Gasteiger partial charge in [0.25, 0.3) is 0 Å². The predicted octanol–water partition coefficient (Wildman–Crippen LogP) is -0.812. The molecule has 0 aliphatic carbocycles. The number of nitrogens with two attached hydrogens (primary N) is 2. The first-order chi connectivity index (χ1) is 6.86. The van der Waals surface area contributed by atoms with Crippen molar-refractivity contribution < 1.29 is 19.1 Å². The van der Waals surface area contributed by atoms with E-state index in [9.17, 15) is 14.4 Å². The number of cyclic esters (lactones) is 1. The van der Waals surface area contributed by atoms with Crippen LogP contribution in [0.5, 0.6) is 0 Å². The van der Waals surface area contributed by atoms with Crippen molar-refractivity contribution in [3.63, 3.8) is 0 Å². The molecule has 0 unspecified atom stereocenters. The highest BCUT2D eigenvalue weighted by Gasteiger charge is 2.43. The summed E-state index contributed by atoms with van der Waals surface area (Å²) < 4.78 is 4.59. The summed E-state index contributed by atoms with van der Waals surface area (Å²) in [5, 5.41) is -0.626. The van der Waals surface area contributed by atoms with E-state index in [4.69, 9.17) is 34.7 Å². The van der Waals surface area contributed by atoms with Crippen molar-refractivity contribution in [2.75, 3.05) is 0 Å². The van der Waals surface area contributed by atoms with Gasteiger partial charge in [-0.15, -0.1) is 0 Å². The number of amides is 2. The Labute approximate surface area is 94.1 Å². The third kappa shape index (κ3) is 2.05. The number of hydrogen-bond acceptors (Lipinski definition) is 4. The summed E-state index contributed by atoms with van der Waals surface area (Å²) in [6.07, 6.45) is -1.32. The van der Waals surface area contributed by atoms with E-state index < -0.39 is 29.8 Å². The third-order valence-electron chi connectivity index (χ3n) is 1.79. The zero-order valence-corrected chi connectivity index (χ0v) is 8.71. The van der Waals surface area contributed by atoms with Crippen LogP contribution in [0, 0.1) is 5.92 Å². The maximum absolute atomic E-state index is 10.9. The molecule has 15 heavy (non-hydrogen) atoms. The number of ether oxygens (including phenoxy) is 1. The Bertz CT molecular complexity index is 365. The Balaban J connectivity index is 3.04. The molecule has 1 heterocycles. The van der Waals surface area contributed by atoms with E-state index in [0.717, 1.165) is 0 Å². The second kappa shape index (κ2) is 4.08. The minimum Gasteiger partial charge on any atom is -0.451 e. The van der Waals surface area contributed by atoms with Gasteiger partial charge < -0.3 is 16.2 Å². The van der Waals surface area contributed by atoms with E-state index in [1.54, 1.807) is 0 Å². The Hall–Kier alpha value is -1.27. The van der Waals surface area contributed by atoms with Crippen LogP contribution in [0.15, 0.2) is 10.1 Å². The monoisotopic (exact) mass is 252 g/mol. The fourth-order valence-corrected chi connectivity index (χ4v) is 1.49. The fraction of sp³-hybridized carbons (Fsp3) is 0.286. The first kappa shape index (κ1) is 11.8. The van der Waals surface area contributed by atoms with Gasteiger partial charge in [0, 0.05) is 0 Å². The average molecular weight is 253 g/mol. The highest BCUT2D eigenvalue weighted by atomic mass is 35.5. The summed E-state index contributed by atoms with van der Waals surface area (Å²) in [7, 11) is 0. The summed E-state index contributed by atoms with van der Waals surface area (Å²) in [6.45, 7) is 0. The highest BCUT2D eigenvalue weighted by Crippen LogP contribution is 2.32. The number of esters is 1. The zero-order valence-electron chi connectivity index (χ0n) is 7.20. The molecule has 0 aromatic rings. The normalized spacial score (nSPS) is 20.7. The van der Waals surface area contributed by atoms with E-state index >= 15 is 0 Å². The molecule has 0 fully saturated rings. The molecule has 0 aromatic heterocycles. The number of halogens is 2. The van der Waals surface area contributed by atoms with Crippen LogP contribution in [0.3, 0.4) is 0 Å². The summed E-state index contributed by atoms with van der Waals surface area (Å²) in [4.78, 5) is 32.7. The van der Waals surface area contributed by atoms with Gasteiger partial charge in [-0.3, -0.25) is 9.59 Å². The highest BCUT2D eigenvalue weighted by molar-refractivity contribution is 6.48. The Morgan fingerprint density at radius 1 is 1.27 bits per heavy atom. The van der Waals surface area contributed by atoms with Gasteiger partial charge in [0.2, 0.25) is 11.8 Å². The van der Waals surface area contributed by atoms with Gasteiger partial charge in [-0.25, -0.2) is 4.79 Å². The van der Waals surface area contributed by atoms with Crippen LogP contribution in [-0.2, 0) is 19.1 Å². The fourth-order valence-electron chi connectivity index (χ4n) is 1.09. The second-order valence-electron chi connectivity index (χ2n) is 2.77. The summed E-state index contributed by atoms with van der Waals surface area (Å²) in [5.74, 6) is -4.51. The first-order valence-electron chi connectivity index (χ1n) is 3.71. The molecule has 0 spiro atoms. The van der Waals surface area contributed by atoms with Crippen molar-refractivity contribution in [1.29, 1.82) is 0 Å². The molecule has 1 aliphatic rings. The number of hydrogen-bond donors (Lipinski definition) is 2. The molecular formula is C7H6Cl2N2O4. The van der Waals surface area contributed by atoms with E-state index in [1.807, 2.05) is 0 Å². The number of carbonyl (C=O) groups excluding carboxylic acids is 3. The second-order valence-corrected chi connectivity index (χ2v) is 3.56. The van der Waals surface area contributed by atoms with E-state index in [2.05, 4.69) is 4.74 Å². The average Bonchev–Trinajstić information content (AvgIpc) is 2.33. The molecule has 2 amide bonds. The lowest BCUT2D eigenvalue weighted by atomic mass is 10.0. The minimum absolute atomic E-state index is 0.246. The van der Waals surface area contributed by atoms with Crippen molar-refractivity contribution in [3.05, 3.63) is 10.1 Å². The third-order valence-corrected chi connectivity index (χ3v) is 2.65. The molecule has 0 saturated carbocycles. The Morgan fingerprint density at radius 3 is 2.00 bits per heavy atom. The van der Waals surface area contributed by atoms with Crippen molar-refractivity contribution >= 4 is 41.0 Å². The van der Waals surface area contributed by atoms with Crippen molar-refractivity contribution in [3.8, 4) is 0 Å². The van der Waals surface area contributed by atoms with Gasteiger partial charge >= 0.3 is 5.97 Å². The topological polar surface area (TPSA) is 112 Å². The van der Waals surface area contributed by atoms with Crippen molar-refractivity contribution in [2.45, 2.75) is 6.10 Å². The van der Waals surface area contributed by atoms with Gasteiger partial charge in [-0.05, 0) is 0 Å². The SMILES string of the molecule is NC(=O)C(C(N)=O)[C@@H]1OC(=O)C(Cl)=C1Cl. The van der Waals surface area contributed by atoms with Crippen LogP contribution >= 0.6 is 23.2 Å². The van der Waals surface area contributed by atoms with Crippen molar-refractivity contribution in [1.82, 2.24) is 0 Å². The minimum atomic E-state index is -1.52. The lowest BCUT2D eigenvalue weighted by Crippen LogP contribution is -2.43. The van der Waals surface area contributed by atoms with Crippen LogP contribution in [0.2, 0.25) is 0 Å². The lowest BCUT2D eigenvalue weighted by molar-refractivity contribution is -0.145. The summed E-state index contributed by atoms with van der Waals surface area (Å²) in [6, 6.07) is 0. The Morgan fingerprint density at radius 2 is 1.73 bits per heavy atom. The molecule has 82 valence electrons. The molecular weight excluding hydrogens is 247 g/mol. The van der Waals surface area contributed by atoms with E-state index in [0.29, 0.717) is 0 Å².